The van der Waals surface area contributed by atoms with Gasteiger partial charge in [-0.25, -0.2) is 0 Å². The van der Waals surface area contributed by atoms with Crippen molar-refractivity contribution in [2.24, 2.45) is 0 Å². The van der Waals surface area contributed by atoms with Gasteiger partial charge in [0.05, 0.1) is 19.1 Å². The summed E-state index contributed by atoms with van der Waals surface area (Å²) in [6.45, 7) is 0. The molecule has 0 aromatic heterocycles. The number of rotatable bonds is 4. The number of aliphatic hydroxyl groups is 2. The van der Waals surface area contributed by atoms with Crippen molar-refractivity contribution in [2.75, 3.05) is 13.0 Å². The molecule has 0 aliphatic carbocycles. The zero-order chi connectivity index (χ0) is 10.6. The molecule has 0 saturated heterocycles. The highest BCUT2D eigenvalue weighted by Crippen LogP contribution is 2.21. The minimum atomic E-state index is -0.970. The molecule has 0 saturated carbocycles. The molecule has 4 heteroatoms. The number of ether oxygens (including phenoxy) is 1. The van der Waals surface area contributed by atoms with Crippen LogP contribution in [-0.2, 0) is 0 Å². The van der Waals surface area contributed by atoms with Crippen LogP contribution in [0.3, 0.4) is 0 Å². The number of halogens is 1. The first-order chi connectivity index (χ1) is 6.69. The lowest BCUT2D eigenvalue weighted by Gasteiger charge is -2.16. The van der Waals surface area contributed by atoms with Gasteiger partial charge in [0.15, 0.2) is 0 Å². The summed E-state index contributed by atoms with van der Waals surface area (Å²) in [6.07, 6.45) is -1.92. The third-order valence-electron chi connectivity index (χ3n) is 1.96. The average Bonchev–Trinajstić information content (AvgIpc) is 2.27. The fourth-order valence-corrected chi connectivity index (χ4v) is 1.30. The van der Waals surface area contributed by atoms with Crippen molar-refractivity contribution in [1.29, 1.82) is 0 Å². The van der Waals surface area contributed by atoms with Crippen molar-refractivity contribution in [3.05, 3.63) is 29.8 Å². The van der Waals surface area contributed by atoms with Gasteiger partial charge in [-0.05, 0) is 17.7 Å². The molecule has 0 radical (unpaired) electrons. The Kier molecular flexibility index (Phi) is 4.20. The summed E-state index contributed by atoms with van der Waals surface area (Å²) in [4.78, 5) is 0. The molecule has 0 aliphatic heterocycles. The fourth-order valence-electron chi connectivity index (χ4n) is 1.13. The van der Waals surface area contributed by atoms with Gasteiger partial charge in [0.1, 0.15) is 11.9 Å². The summed E-state index contributed by atoms with van der Waals surface area (Å²) in [6, 6.07) is 6.89. The minimum Gasteiger partial charge on any atom is -0.497 e. The van der Waals surface area contributed by atoms with E-state index < -0.39 is 12.2 Å². The van der Waals surface area contributed by atoms with Gasteiger partial charge in [-0.3, -0.25) is 0 Å². The van der Waals surface area contributed by atoms with E-state index in [1.807, 2.05) is 0 Å². The monoisotopic (exact) mass is 216 g/mol. The molecule has 1 rings (SSSR count). The quantitative estimate of drug-likeness (QED) is 0.747. The van der Waals surface area contributed by atoms with Crippen molar-refractivity contribution < 1.29 is 14.9 Å². The molecule has 2 N–H and O–H groups in total. The Morgan fingerprint density at radius 1 is 1.43 bits per heavy atom. The Balaban J connectivity index is 2.83. The average molecular weight is 217 g/mol. The summed E-state index contributed by atoms with van der Waals surface area (Å²) in [7, 11) is 1.55. The molecule has 0 bridgehead atoms. The number of alkyl halides is 1. The van der Waals surface area contributed by atoms with Gasteiger partial charge >= 0.3 is 0 Å². The summed E-state index contributed by atoms with van der Waals surface area (Å²) in [5.41, 5.74) is 0.595. The molecular formula is C10H13ClO3. The fraction of sp³-hybridized carbons (Fsp3) is 0.400. The molecule has 0 amide bonds. The van der Waals surface area contributed by atoms with Crippen molar-refractivity contribution in [2.45, 2.75) is 12.2 Å². The molecular weight excluding hydrogens is 204 g/mol. The maximum atomic E-state index is 9.62. The SMILES string of the molecule is COc1cccc(C(O)C(O)CCl)c1. The van der Waals surface area contributed by atoms with Crippen molar-refractivity contribution in [1.82, 2.24) is 0 Å². The molecule has 1 aromatic rings. The first-order valence-corrected chi connectivity index (χ1v) is 4.78. The van der Waals surface area contributed by atoms with E-state index in [1.165, 1.54) is 0 Å². The van der Waals surface area contributed by atoms with E-state index in [4.69, 9.17) is 16.3 Å². The van der Waals surface area contributed by atoms with Gasteiger partial charge in [0.25, 0.3) is 0 Å². The number of benzene rings is 1. The zero-order valence-electron chi connectivity index (χ0n) is 7.85. The molecule has 0 fully saturated rings. The normalized spacial score (nSPS) is 14.9. The van der Waals surface area contributed by atoms with Gasteiger partial charge in [-0.1, -0.05) is 12.1 Å². The second-order valence-corrected chi connectivity index (χ2v) is 3.25. The molecule has 2 unspecified atom stereocenters. The van der Waals surface area contributed by atoms with Gasteiger partial charge in [0.2, 0.25) is 0 Å². The Morgan fingerprint density at radius 2 is 2.14 bits per heavy atom. The maximum absolute atomic E-state index is 9.62. The van der Waals surface area contributed by atoms with Crippen LogP contribution >= 0.6 is 11.6 Å². The minimum absolute atomic E-state index is 0.00161. The third kappa shape index (κ3) is 2.61. The van der Waals surface area contributed by atoms with Gasteiger partial charge in [-0.2, -0.15) is 0 Å². The molecule has 2 atom stereocenters. The highest BCUT2D eigenvalue weighted by Gasteiger charge is 2.17. The second-order valence-electron chi connectivity index (χ2n) is 2.94. The van der Waals surface area contributed by atoms with Crippen molar-refractivity contribution in [3.63, 3.8) is 0 Å². The van der Waals surface area contributed by atoms with E-state index in [0.29, 0.717) is 11.3 Å². The summed E-state index contributed by atoms with van der Waals surface area (Å²) in [5, 5.41) is 18.9. The first kappa shape index (κ1) is 11.3. The summed E-state index contributed by atoms with van der Waals surface area (Å²) in [5.74, 6) is 0.640. The largest absolute Gasteiger partial charge is 0.497 e. The molecule has 78 valence electrons. The lowest BCUT2D eigenvalue weighted by Crippen LogP contribution is -2.19. The number of hydrogen-bond acceptors (Lipinski definition) is 3. The van der Waals surface area contributed by atoms with Crippen LogP contribution < -0.4 is 4.74 Å². The Morgan fingerprint density at radius 3 is 2.71 bits per heavy atom. The topological polar surface area (TPSA) is 49.7 Å². The molecule has 0 spiro atoms. The van der Waals surface area contributed by atoms with Crippen LogP contribution in [0.25, 0.3) is 0 Å². The van der Waals surface area contributed by atoms with Gasteiger partial charge in [-0.15, -0.1) is 11.6 Å². The van der Waals surface area contributed by atoms with Gasteiger partial charge in [0, 0.05) is 0 Å². The lowest BCUT2D eigenvalue weighted by molar-refractivity contribution is 0.0326. The third-order valence-corrected chi connectivity index (χ3v) is 2.27. The molecule has 0 aliphatic rings. The lowest BCUT2D eigenvalue weighted by atomic mass is 10.1. The Bertz CT molecular complexity index is 290. The highest BCUT2D eigenvalue weighted by atomic mass is 35.5. The van der Waals surface area contributed by atoms with Crippen molar-refractivity contribution in [3.8, 4) is 5.75 Å². The van der Waals surface area contributed by atoms with E-state index in [0.717, 1.165) is 0 Å². The van der Waals surface area contributed by atoms with Crippen LogP contribution in [0, 0.1) is 0 Å². The Labute approximate surface area is 87.9 Å². The van der Waals surface area contributed by atoms with Crippen molar-refractivity contribution >= 4 is 11.6 Å². The first-order valence-electron chi connectivity index (χ1n) is 4.25. The van der Waals surface area contributed by atoms with Crippen LogP contribution in [0.2, 0.25) is 0 Å². The number of methoxy groups -OCH3 is 1. The molecule has 1 aromatic carbocycles. The van der Waals surface area contributed by atoms with Crippen LogP contribution in [0.1, 0.15) is 11.7 Å². The number of aliphatic hydroxyl groups excluding tert-OH is 2. The van der Waals surface area contributed by atoms with E-state index in [2.05, 4.69) is 0 Å². The van der Waals surface area contributed by atoms with E-state index in [9.17, 15) is 10.2 Å². The van der Waals surface area contributed by atoms with E-state index >= 15 is 0 Å². The summed E-state index contributed by atoms with van der Waals surface area (Å²) >= 11 is 5.43. The van der Waals surface area contributed by atoms with E-state index in [-0.39, 0.29) is 5.88 Å². The van der Waals surface area contributed by atoms with Crippen LogP contribution in [-0.4, -0.2) is 29.3 Å². The smallest absolute Gasteiger partial charge is 0.119 e. The standard InChI is InChI=1S/C10H13ClO3/c1-14-8-4-2-3-7(5-8)10(13)9(12)6-11/h2-5,9-10,12-13H,6H2,1H3. The van der Waals surface area contributed by atoms with E-state index in [1.54, 1.807) is 31.4 Å². The van der Waals surface area contributed by atoms with Crippen LogP contribution in [0.5, 0.6) is 5.75 Å². The summed E-state index contributed by atoms with van der Waals surface area (Å²) < 4.78 is 4.99. The maximum Gasteiger partial charge on any atom is 0.119 e. The van der Waals surface area contributed by atoms with Crippen LogP contribution in [0.15, 0.2) is 24.3 Å². The number of hydrogen-bond donors (Lipinski definition) is 2. The predicted octanol–water partition coefficient (Wildman–Crippen LogP) is 1.33. The Hall–Kier alpha value is -0.770. The predicted molar refractivity (Wildman–Crippen MR) is 54.7 cm³/mol. The second kappa shape index (κ2) is 5.20. The van der Waals surface area contributed by atoms with Crippen LogP contribution in [0.4, 0.5) is 0 Å². The zero-order valence-corrected chi connectivity index (χ0v) is 8.61. The highest BCUT2D eigenvalue weighted by molar-refractivity contribution is 6.18. The van der Waals surface area contributed by atoms with Gasteiger partial charge < -0.3 is 14.9 Å². The molecule has 3 nitrogen and oxygen atoms in total. The molecule has 14 heavy (non-hydrogen) atoms. The molecule has 0 heterocycles.